The maximum absolute atomic E-state index is 2.74. The zero-order valence-electron chi connectivity index (χ0n) is 12.5. The third-order valence-electron chi connectivity index (χ3n) is 2.85. The molecule has 0 amide bonds. The molecular weight excluding hydrogens is 454 g/mol. The Hall–Kier alpha value is 1.60. The van der Waals surface area contributed by atoms with Crippen molar-refractivity contribution in [3.05, 3.63) is 0 Å². The van der Waals surface area contributed by atoms with E-state index in [2.05, 4.69) is 108 Å². The van der Waals surface area contributed by atoms with Crippen LogP contribution in [0.1, 0.15) is 55.4 Å². The van der Waals surface area contributed by atoms with E-state index in [-0.39, 0.29) is 0 Å². The van der Waals surface area contributed by atoms with E-state index in [1.165, 1.54) is 0 Å². The third-order valence-corrected chi connectivity index (χ3v) is 12.8. The summed E-state index contributed by atoms with van der Waals surface area (Å²) in [5, 5.41) is 0. The minimum absolute atomic E-state index is 0.607. The van der Waals surface area contributed by atoms with Gasteiger partial charge in [-0.1, -0.05) is 99.0 Å². The van der Waals surface area contributed by atoms with E-state index in [9.17, 15) is 0 Å². The van der Waals surface area contributed by atoms with E-state index in [0.717, 1.165) is 0 Å². The number of nitrogens with zero attached hydrogens (tertiary/aromatic N) is 2. The lowest BCUT2D eigenvalue weighted by molar-refractivity contribution is 0.233. The predicted molar refractivity (Wildman–Crippen MR) is 98.0 cm³/mol. The molecule has 104 valence electrons. The van der Waals surface area contributed by atoms with Gasteiger partial charge in [0.05, 0.1) is 0 Å². The Labute approximate surface area is 134 Å². The van der Waals surface area contributed by atoms with Gasteiger partial charge in [0, 0.05) is 24.2 Å². The highest BCUT2D eigenvalue weighted by Gasteiger charge is 2.46. The lowest BCUT2D eigenvalue weighted by Crippen LogP contribution is -2.65. The zero-order valence-corrected chi connectivity index (χ0v) is 17.8. The Morgan fingerprint density at radius 1 is 0.588 bits per heavy atom. The van der Waals surface area contributed by atoms with Crippen molar-refractivity contribution in [2.24, 2.45) is 0 Å². The first kappa shape index (κ1) is 18.6. The second-order valence-electron chi connectivity index (χ2n) is 5.70. The number of hydrogen-bond donors (Lipinski definition) is 0. The Balaban J connectivity index is 5.30. The summed E-state index contributed by atoms with van der Waals surface area (Å²) in [6.45, 7) is 18.5. The minimum Gasteiger partial charge on any atom is -0.292 e. The largest absolute Gasteiger partial charge is 0.343 e. The smallest absolute Gasteiger partial charge is 0.292 e. The first-order valence-electron chi connectivity index (χ1n) is 6.48. The topological polar surface area (TPSA) is 6.48 Å². The molecule has 0 aromatic heterocycles. The van der Waals surface area contributed by atoms with Crippen LogP contribution in [-0.2, 0) is 0 Å². The highest BCUT2D eigenvalue weighted by atomic mass is 127. The van der Waals surface area contributed by atoms with Crippen LogP contribution < -0.4 is 0 Å². The van der Waals surface area contributed by atoms with E-state index in [4.69, 9.17) is 0 Å². The highest BCUT2D eigenvalue weighted by molar-refractivity contribution is 14.3. The molecule has 0 N–H and O–H groups in total. The number of hydrogen-bond acceptors (Lipinski definition) is 2. The Morgan fingerprint density at radius 3 is 0.882 bits per heavy atom. The van der Waals surface area contributed by atoms with Gasteiger partial charge in [0.2, 0.25) is 0 Å². The normalized spacial score (nSPS) is 14.1. The lowest BCUT2D eigenvalue weighted by Gasteiger charge is -2.49. The summed E-state index contributed by atoms with van der Waals surface area (Å²) in [5.74, 6) is 0. The Morgan fingerprint density at radius 2 is 0.765 bits per heavy atom. The molecule has 0 heterocycles. The van der Waals surface area contributed by atoms with Crippen molar-refractivity contribution in [1.82, 2.24) is 9.13 Å². The molecule has 17 heavy (non-hydrogen) atoms. The molecule has 0 bridgehead atoms. The fourth-order valence-corrected chi connectivity index (χ4v) is 18.7. The van der Waals surface area contributed by atoms with Gasteiger partial charge in [-0.05, 0) is 0 Å². The van der Waals surface area contributed by atoms with Crippen molar-refractivity contribution in [1.29, 1.82) is 0 Å². The second kappa shape index (κ2) is 7.40. The van der Waals surface area contributed by atoms with Crippen molar-refractivity contribution in [3.63, 3.8) is 0 Å². The molecule has 0 atom stereocenters. The molecule has 0 radical (unpaired) electrons. The second-order valence-corrected chi connectivity index (χ2v) is 23.0. The van der Waals surface area contributed by atoms with Gasteiger partial charge in [0.25, 0.3) is 0 Å². The highest BCUT2D eigenvalue weighted by Crippen LogP contribution is 2.36. The molecule has 0 aliphatic heterocycles. The van der Waals surface area contributed by atoms with E-state index in [0.29, 0.717) is 24.2 Å². The van der Waals surface area contributed by atoms with Crippen LogP contribution in [0, 0.1) is 0 Å². The molecule has 0 rings (SSSR count). The van der Waals surface area contributed by atoms with Crippen molar-refractivity contribution in [3.8, 4) is 0 Å². The van der Waals surface area contributed by atoms with Gasteiger partial charge in [-0.2, -0.15) is 0 Å². The van der Waals surface area contributed by atoms with Crippen LogP contribution in [0.5, 0.6) is 0 Å². The van der Waals surface area contributed by atoms with Gasteiger partial charge in [0.1, 0.15) is 0 Å². The first-order valence-corrected chi connectivity index (χ1v) is 14.6. The quantitative estimate of drug-likeness (QED) is 0.312. The summed E-state index contributed by atoms with van der Waals surface area (Å²) < 4.78 is 3.82. The average Bonchev–Trinajstić information content (AvgIpc) is 1.96. The maximum atomic E-state index is 2.74. The summed E-state index contributed by atoms with van der Waals surface area (Å²) in [7, 11) is 0. The van der Waals surface area contributed by atoms with Crippen LogP contribution >= 0.6 is 43.6 Å². The molecule has 0 aromatic rings. The van der Waals surface area contributed by atoms with Crippen molar-refractivity contribution >= 4 is 47.0 Å². The van der Waals surface area contributed by atoms with E-state index in [1.54, 1.807) is 0 Å². The van der Waals surface area contributed by atoms with Gasteiger partial charge < -0.3 is 0 Å². The van der Waals surface area contributed by atoms with Crippen LogP contribution in [0.2, 0.25) is 0 Å². The molecule has 0 aliphatic rings. The molecule has 0 saturated heterocycles. The summed E-state index contributed by atoms with van der Waals surface area (Å²) in [4.78, 5) is 0. The summed E-state index contributed by atoms with van der Waals surface area (Å²) in [5.41, 5.74) is 0. The van der Waals surface area contributed by atoms with Crippen molar-refractivity contribution < 1.29 is 0 Å². The van der Waals surface area contributed by atoms with Crippen LogP contribution in [0.4, 0.5) is 0 Å². The van der Waals surface area contributed by atoms with Crippen molar-refractivity contribution in [2.75, 3.05) is 0 Å². The molecule has 0 aliphatic carbocycles. The fraction of sp³-hybridized carbons (Fsp3) is 1.00. The molecule has 0 fully saturated rings. The van der Waals surface area contributed by atoms with Crippen LogP contribution in [0.15, 0.2) is 0 Å². The summed E-state index contributed by atoms with van der Waals surface area (Å²) in [6.07, 6.45) is 0. The van der Waals surface area contributed by atoms with E-state index in [1.807, 2.05) is 0 Å². The van der Waals surface area contributed by atoms with Crippen LogP contribution in [0.25, 0.3) is 0 Å². The number of halogens is 2. The molecule has 0 aromatic carbocycles. The zero-order chi connectivity index (χ0) is 14.0. The SMILES string of the molecule is CC(C)N(C(C)C)[Si](I)(I)N(C(C)C)C(C)C. The maximum Gasteiger partial charge on any atom is 0.343 e. The summed E-state index contributed by atoms with van der Waals surface area (Å²) >= 11 is 5.48. The molecule has 0 spiro atoms. The summed E-state index contributed by atoms with van der Waals surface area (Å²) in [6, 6.07) is 2.43. The fourth-order valence-electron chi connectivity index (χ4n) is 2.57. The van der Waals surface area contributed by atoms with E-state index < -0.39 is 3.39 Å². The molecule has 0 saturated carbocycles. The van der Waals surface area contributed by atoms with E-state index >= 15 is 0 Å². The Bertz CT molecular complexity index is 193. The van der Waals surface area contributed by atoms with Gasteiger partial charge >= 0.3 is 3.39 Å². The lowest BCUT2D eigenvalue weighted by atomic mass is 10.3. The predicted octanol–water partition coefficient (Wildman–Crippen LogP) is 4.53. The first-order chi connectivity index (χ1) is 7.53. The van der Waals surface area contributed by atoms with Crippen molar-refractivity contribution in [2.45, 2.75) is 79.6 Å². The molecule has 2 nitrogen and oxygen atoms in total. The monoisotopic (exact) mass is 482 g/mol. The Kier molecular flexibility index (Phi) is 8.09. The minimum atomic E-state index is -1.61. The molecular formula is C12H28I2N2Si. The number of rotatable bonds is 6. The molecule has 5 heteroatoms. The standard InChI is InChI=1S/C12H28I2N2Si/c1-9(2)15(10(3)4)17(13,14)16(11(5)6)12(7)8/h9-12H,1-8H3. The van der Waals surface area contributed by atoms with Crippen LogP contribution in [-0.4, -0.2) is 36.7 Å². The van der Waals surface area contributed by atoms with Gasteiger partial charge in [0.15, 0.2) is 0 Å². The molecule has 0 unspecified atom stereocenters. The van der Waals surface area contributed by atoms with Crippen LogP contribution in [0.3, 0.4) is 0 Å². The average molecular weight is 482 g/mol. The van der Waals surface area contributed by atoms with Gasteiger partial charge in [-0.25, -0.2) is 0 Å². The van der Waals surface area contributed by atoms with Gasteiger partial charge in [-0.15, -0.1) is 0 Å². The van der Waals surface area contributed by atoms with Gasteiger partial charge in [-0.3, -0.25) is 9.13 Å². The third kappa shape index (κ3) is 4.89.